The molecule has 0 radical (unpaired) electrons. The summed E-state index contributed by atoms with van der Waals surface area (Å²) in [7, 11) is 1.23. The Balaban J connectivity index is 1.80. The molecule has 0 bridgehead atoms. The Hall–Kier alpha value is -2.94. The van der Waals surface area contributed by atoms with Crippen LogP contribution in [0.4, 0.5) is 0 Å². The van der Waals surface area contributed by atoms with Crippen LogP contribution in [-0.2, 0) is 19.1 Å². The molecule has 0 spiro atoms. The minimum atomic E-state index is -1.01. The predicted molar refractivity (Wildman–Crippen MR) is 133 cm³/mol. The highest BCUT2D eigenvalue weighted by molar-refractivity contribution is 6.50. The number of ether oxygens (including phenoxy) is 2. The molecule has 0 amide bonds. The van der Waals surface area contributed by atoms with Gasteiger partial charge in [0.2, 0.25) is 0 Å². The number of hydrogen-bond donors (Lipinski definition) is 0. The van der Waals surface area contributed by atoms with Gasteiger partial charge in [-0.05, 0) is 38.5 Å². The minimum absolute atomic E-state index is 0.0114. The molecule has 0 aliphatic carbocycles. The summed E-state index contributed by atoms with van der Waals surface area (Å²) in [4.78, 5) is 38.1. The van der Waals surface area contributed by atoms with Gasteiger partial charge in [-0.25, -0.2) is 9.78 Å². The molecule has 4 rings (SSSR count). The molecule has 3 aromatic rings. The van der Waals surface area contributed by atoms with Gasteiger partial charge < -0.3 is 9.47 Å². The van der Waals surface area contributed by atoms with E-state index in [-0.39, 0.29) is 27.9 Å². The molecular weight excluding hydrogens is 515 g/mol. The lowest BCUT2D eigenvalue weighted by atomic mass is 10.0. The first-order valence-electron chi connectivity index (χ1n) is 10.7. The molecule has 3 heterocycles. The van der Waals surface area contributed by atoms with E-state index in [0.717, 1.165) is 5.69 Å². The van der Waals surface area contributed by atoms with E-state index in [0.29, 0.717) is 28.5 Å². The fourth-order valence-corrected chi connectivity index (χ4v) is 4.57. The summed E-state index contributed by atoms with van der Waals surface area (Å²) in [5.74, 6) is -0.593. The number of rotatable bonds is 6. The van der Waals surface area contributed by atoms with Gasteiger partial charge in [-0.1, -0.05) is 40.9 Å². The third kappa shape index (κ3) is 4.91. The molecule has 1 aliphatic heterocycles. The molecule has 0 N–H and O–H groups in total. The number of esters is 2. The average Bonchev–Trinajstić information content (AvgIpc) is 3.17. The Morgan fingerprint density at radius 2 is 1.94 bits per heavy atom. The first-order valence-corrected chi connectivity index (χ1v) is 11.8. The molecule has 1 aliphatic rings. The summed E-state index contributed by atoms with van der Waals surface area (Å²) >= 11 is 19.5. The Kier molecular flexibility index (Phi) is 7.44. The number of imidazole rings is 1. The van der Waals surface area contributed by atoms with E-state index in [4.69, 9.17) is 44.5 Å². The number of aliphatic imine (C=N–C) groups is 1. The van der Waals surface area contributed by atoms with E-state index in [1.807, 2.05) is 23.6 Å². The Labute approximate surface area is 216 Å². The van der Waals surface area contributed by atoms with Crippen molar-refractivity contribution in [1.29, 1.82) is 0 Å². The number of methoxy groups -OCH3 is 1. The van der Waals surface area contributed by atoms with Gasteiger partial charge in [0.15, 0.2) is 6.10 Å². The van der Waals surface area contributed by atoms with Gasteiger partial charge >= 0.3 is 11.9 Å². The molecule has 0 fully saturated rings. The number of aromatic nitrogens is 3. The van der Waals surface area contributed by atoms with E-state index < -0.39 is 24.1 Å². The van der Waals surface area contributed by atoms with Crippen molar-refractivity contribution in [3.05, 3.63) is 74.5 Å². The topological polar surface area (TPSA) is 95.7 Å². The van der Waals surface area contributed by atoms with E-state index >= 15 is 0 Å². The van der Waals surface area contributed by atoms with Crippen molar-refractivity contribution in [3.63, 3.8) is 0 Å². The van der Waals surface area contributed by atoms with Crippen LogP contribution in [0.2, 0.25) is 15.1 Å². The largest absolute Gasteiger partial charge is 0.466 e. The van der Waals surface area contributed by atoms with Gasteiger partial charge in [0, 0.05) is 30.1 Å². The van der Waals surface area contributed by atoms with Crippen molar-refractivity contribution in [2.75, 3.05) is 7.11 Å². The van der Waals surface area contributed by atoms with Crippen LogP contribution in [0.25, 0.3) is 5.69 Å². The van der Waals surface area contributed by atoms with Crippen LogP contribution in [0.15, 0.2) is 41.7 Å². The van der Waals surface area contributed by atoms with Gasteiger partial charge in [-0.15, -0.1) is 0 Å². The zero-order chi connectivity index (χ0) is 25.3. The first-order chi connectivity index (χ1) is 16.7. The van der Waals surface area contributed by atoms with E-state index in [2.05, 4.69) is 14.7 Å². The molecule has 8 nitrogen and oxygen atoms in total. The number of carbonyl (C=O) groups excluding carboxylic acids is 2. The zero-order valence-electron chi connectivity index (χ0n) is 19.1. The molecule has 35 heavy (non-hydrogen) atoms. The summed E-state index contributed by atoms with van der Waals surface area (Å²) in [6.45, 7) is 3.35. The summed E-state index contributed by atoms with van der Waals surface area (Å²) in [5.41, 5.74) is 3.11. The third-order valence-corrected chi connectivity index (χ3v) is 6.80. The maximum absolute atomic E-state index is 12.5. The molecule has 1 aromatic carbocycles. The fourth-order valence-electron chi connectivity index (χ4n) is 3.88. The highest BCUT2D eigenvalue weighted by atomic mass is 35.5. The van der Waals surface area contributed by atoms with Gasteiger partial charge in [0.25, 0.3) is 0 Å². The molecule has 2 aromatic heterocycles. The number of halogens is 3. The SMILES string of the molecule is COC(=O)C(C)OC(=O)CC[C@@H]1N=C(c2ccccn2)c2c(cc(Cl)c(Cl)c2Cl)-n2c(C)cnc21. The number of hydrogen-bond acceptors (Lipinski definition) is 7. The predicted octanol–water partition coefficient (Wildman–Crippen LogP) is 5.31. The molecule has 0 saturated carbocycles. The van der Waals surface area contributed by atoms with Crippen LogP contribution in [0.1, 0.15) is 48.6 Å². The lowest BCUT2D eigenvalue weighted by Gasteiger charge is -2.16. The summed E-state index contributed by atoms with van der Waals surface area (Å²) in [6.07, 6.45) is 2.60. The van der Waals surface area contributed by atoms with E-state index in [1.54, 1.807) is 24.5 Å². The number of nitrogens with zero attached hydrogens (tertiary/aromatic N) is 4. The van der Waals surface area contributed by atoms with Crippen molar-refractivity contribution >= 4 is 52.5 Å². The second-order valence-corrected chi connectivity index (χ2v) is 9.04. The zero-order valence-corrected chi connectivity index (χ0v) is 21.4. The van der Waals surface area contributed by atoms with Gasteiger partial charge in [-0.2, -0.15) is 0 Å². The molecule has 1 unspecified atom stereocenters. The summed E-state index contributed by atoms with van der Waals surface area (Å²) in [5, 5.41) is 0.729. The highest BCUT2D eigenvalue weighted by Gasteiger charge is 2.31. The maximum Gasteiger partial charge on any atom is 0.346 e. The smallest absolute Gasteiger partial charge is 0.346 e. The quantitative estimate of drug-likeness (QED) is 0.313. The highest BCUT2D eigenvalue weighted by Crippen LogP contribution is 2.42. The van der Waals surface area contributed by atoms with Gasteiger partial charge in [0.05, 0.1) is 39.3 Å². The third-order valence-electron chi connectivity index (χ3n) is 5.54. The Bertz CT molecular complexity index is 1320. The van der Waals surface area contributed by atoms with Gasteiger partial charge in [-0.3, -0.25) is 19.3 Å². The normalized spacial score (nSPS) is 15.4. The minimum Gasteiger partial charge on any atom is -0.466 e. The molecule has 0 saturated heterocycles. The Morgan fingerprint density at radius 1 is 1.17 bits per heavy atom. The van der Waals surface area contributed by atoms with Crippen LogP contribution in [-0.4, -0.2) is 45.4 Å². The van der Waals surface area contributed by atoms with E-state index in [9.17, 15) is 9.59 Å². The van der Waals surface area contributed by atoms with E-state index in [1.165, 1.54) is 14.0 Å². The van der Waals surface area contributed by atoms with Crippen molar-refractivity contribution in [1.82, 2.24) is 14.5 Å². The maximum atomic E-state index is 12.5. The monoisotopic (exact) mass is 534 g/mol. The number of aryl methyl sites for hydroxylation is 1. The second-order valence-electron chi connectivity index (χ2n) is 7.88. The molecule has 2 atom stereocenters. The van der Waals surface area contributed by atoms with Gasteiger partial charge in [0.1, 0.15) is 11.9 Å². The number of benzene rings is 1. The second kappa shape index (κ2) is 10.4. The summed E-state index contributed by atoms with van der Waals surface area (Å²) in [6, 6.07) is 6.61. The van der Waals surface area contributed by atoms with Crippen LogP contribution < -0.4 is 0 Å². The number of pyridine rings is 1. The lowest BCUT2D eigenvalue weighted by Crippen LogP contribution is -2.25. The van der Waals surface area contributed by atoms with Crippen LogP contribution >= 0.6 is 34.8 Å². The number of fused-ring (bicyclic) bond motifs is 3. The molecule has 11 heteroatoms. The van der Waals surface area contributed by atoms with Crippen molar-refractivity contribution < 1.29 is 19.1 Å². The standard InChI is InChI=1S/C24H21Cl3N4O4/c1-12-11-29-23-16(7-8-18(32)35-13(2)24(33)34-3)30-22(15-6-4-5-9-28-15)19-17(31(12)23)10-14(25)20(26)21(19)27/h4-6,9-11,13,16H,7-8H2,1-3H3/t13?,16-/m0/s1. The molecule has 182 valence electrons. The van der Waals surface area contributed by atoms with Crippen molar-refractivity contribution in [2.45, 2.75) is 38.8 Å². The Morgan fingerprint density at radius 3 is 2.63 bits per heavy atom. The first kappa shape index (κ1) is 25.2. The van der Waals surface area contributed by atoms with Crippen molar-refractivity contribution in [2.24, 2.45) is 4.99 Å². The summed E-state index contributed by atoms with van der Waals surface area (Å²) < 4.78 is 11.7. The van der Waals surface area contributed by atoms with Crippen LogP contribution in [0.5, 0.6) is 0 Å². The van der Waals surface area contributed by atoms with Crippen LogP contribution in [0.3, 0.4) is 0 Å². The number of carbonyl (C=O) groups is 2. The fraction of sp³-hybridized carbons (Fsp3) is 0.292. The average molecular weight is 536 g/mol. The van der Waals surface area contributed by atoms with Crippen molar-refractivity contribution in [3.8, 4) is 5.69 Å². The van der Waals surface area contributed by atoms with Crippen LogP contribution in [0, 0.1) is 6.92 Å². The molecular formula is C24H21Cl3N4O4. The lowest BCUT2D eigenvalue weighted by molar-refractivity contribution is -0.164.